The van der Waals surface area contributed by atoms with Gasteiger partial charge in [0, 0.05) is 17.9 Å². The van der Waals surface area contributed by atoms with Crippen LogP contribution in [0.3, 0.4) is 0 Å². The SMILES string of the molecule is C[C@]12CCC3C(CC[C@]4(O)C[C@@H](OC(=O)Cc5ccccc5)CC[C@]34C=O)[C@@]1(O)CC[C@@H]2C1=CC(=O)OC1. The molecule has 38 heavy (non-hydrogen) atoms. The molecule has 8 atom stereocenters. The fourth-order valence-corrected chi connectivity index (χ4v) is 9.41. The first-order chi connectivity index (χ1) is 18.1. The van der Waals surface area contributed by atoms with E-state index >= 15 is 0 Å². The Morgan fingerprint density at radius 3 is 2.53 bits per heavy atom. The summed E-state index contributed by atoms with van der Waals surface area (Å²) in [6, 6.07) is 9.44. The number of carbonyl (C=O) groups excluding carboxylic acids is 3. The predicted octanol–water partition coefficient (Wildman–Crippen LogP) is 3.69. The first kappa shape index (κ1) is 25.8. The number of hydrogen-bond acceptors (Lipinski definition) is 7. The molecular weight excluding hydrogens is 484 g/mol. The maximum atomic E-state index is 12.9. The van der Waals surface area contributed by atoms with Crippen LogP contribution in [-0.4, -0.2) is 52.4 Å². The number of hydrogen-bond donors (Lipinski definition) is 2. The van der Waals surface area contributed by atoms with Gasteiger partial charge in [-0.1, -0.05) is 37.3 Å². The van der Waals surface area contributed by atoms with Crippen molar-refractivity contribution in [1.29, 1.82) is 0 Å². The molecule has 1 aromatic rings. The monoisotopic (exact) mass is 522 g/mol. The van der Waals surface area contributed by atoms with Gasteiger partial charge in [0.15, 0.2) is 0 Å². The lowest BCUT2D eigenvalue weighted by Crippen LogP contribution is -2.69. The van der Waals surface area contributed by atoms with Crippen LogP contribution in [0.2, 0.25) is 0 Å². The lowest BCUT2D eigenvalue weighted by Gasteiger charge is -2.65. The van der Waals surface area contributed by atoms with Gasteiger partial charge >= 0.3 is 11.9 Å². The summed E-state index contributed by atoms with van der Waals surface area (Å²) in [5.41, 5.74) is -1.74. The molecule has 4 saturated carbocycles. The standard InChI is InChI=1S/C31H38O7/c1-28-11-8-24-25(31(28,36)14-10-23(28)21-16-26(33)37-18-21)9-13-30(35)17-22(7-12-29(24,30)19-32)38-27(34)15-20-5-3-2-4-6-20/h2-6,16,19,22-25,35-36H,7-15,17-18H2,1H3/t22-,23+,24?,25?,28+,29-,30-,31-/m0/s1. The highest BCUT2D eigenvalue weighted by atomic mass is 16.5. The zero-order valence-corrected chi connectivity index (χ0v) is 22.1. The molecule has 4 aliphatic carbocycles. The predicted molar refractivity (Wildman–Crippen MR) is 138 cm³/mol. The largest absolute Gasteiger partial charge is 0.462 e. The zero-order chi connectivity index (χ0) is 26.8. The van der Waals surface area contributed by atoms with E-state index in [2.05, 4.69) is 6.92 Å². The van der Waals surface area contributed by atoms with Crippen molar-refractivity contribution < 1.29 is 34.1 Å². The summed E-state index contributed by atoms with van der Waals surface area (Å²) >= 11 is 0. The summed E-state index contributed by atoms with van der Waals surface area (Å²) in [4.78, 5) is 37.3. The molecule has 6 rings (SSSR count). The Balaban J connectivity index is 1.21. The maximum Gasteiger partial charge on any atom is 0.331 e. The van der Waals surface area contributed by atoms with Crippen LogP contribution in [0.25, 0.3) is 0 Å². The minimum atomic E-state index is -1.26. The molecule has 1 aromatic carbocycles. The molecule has 0 aromatic heterocycles. The van der Waals surface area contributed by atoms with Crippen LogP contribution < -0.4 is 0 Å². The third-order valence-electron chi connectivity index (χ3n) is 11.3. The van der Waals surface area contributed by atoms with Crippen molar-refractivity contribution in [2.24, 2.45) is 28.6 Å². The molecule has 2 unspecified atom stereocenters. The van der Waals surface area contributed by atoms with Gasteiger partial charge < -0.3 is 24.5 Å². The van der Waals surface area contributed by atoms with Gasteiger partial charge in [-0.2, -0.15) is 0 Å². The van der Waals surface area contributed by atoms with Gasteiger partial charge in [-0.05, 0) is 80.3 Å². The van der Waals surface area contributed by atoms with Crippen molar-refractivity contribution >= 4 is 18.2 Å². The van der Waals surface area contributed by atoms with Gasteiger partial charge in [0.25, 0.3) is 0 Å². The normalized spacial score (nSPS) is 43.8. The van der Waals surface area contributed by atoms with E-state index in [-0.39, 0.29) is 42.5 Å². The third kappa shape index (κ3) is 3.64. The molecule has 1 aliphatic heterocycles. The summed E-state index contributed by atoms with van der Waals surface area (Å²) in [7, 11) is 0. The molecule has 0 radical (unpaired) electrons. The number of ether oxygens (including phenoxy) is 2. The van der Waals surface area contributed by atoms with Gasteiger partial charge in [0.05, 0.1) is 23.0 Å². The summed E-state index contributed by atoms with van der Waals surface area (Å²) < 4.78 is 11.0. The Hall–Kier alpha value is -2.51. The number of esters is 2. The van der Waals surface area contributed by atoms with Crippen LogP contribution in [0, 0.1) is 28.6 Å². The minimum absolute atomic E-state index is 0.0765. The summed E-state index contributed by atoms with van der Waals surface area (Å²) in [5, 5.41) is 24.4. The molecule has 2 N–H and O–H groups in total. The summed E-state index contributed by atoms with van der Waals surface area (Å²) in [6.07, 6.45) is 7.42. The second kappa shape index (κ2) is 9.02. The van der Waals surface area contributed by atoms with E-state index in [1.54, 1.807) is 6.08 Å². The van der Waals surface area contributed by atoms with Crippen molar-refractivity contribution in [3.63, 3.8) is 0 Å². The van der Waals surface area contributed by atoms with E-state index < -0.39 is 28.1 Å². The minimum Gasteiger partial charge on any atom is -0.462 e. The Labute approximate surface area is 223 Å². The van der Waals surface area contributed by atoms with Gasteiger partial charge in [-0.3, -0.25) is 4.79 Å². The molecule has 0 saturated heterocycles. The summed E-state index contributed by atoms with van der Waals surface area (Å²) in [5.74, 6) is -0.788. The topological polar surface area (TPSA) is 110 Å². The van der Waals surface area contributed by atoms with Gasteiger partial charge in [-0.15, -0.1) is 0 Å². The number of carbonyl (C=O) groups is 3. The molecule has 4 fully saturated rings. The smallest absolute Gasteiger partial charge is 0.331 e. The van der Waals surface area contributed by atoms with E-state index in [1.165, 1.54) is 0 Å². The van der Waals surface area contributed by atoms with Crippen LogP contribution in [0.15, 0.2) is 42.0 Å². The first-order valence-electron chi connectivity index (χ1n) is 14.2. The highest BCUT2D eigenvalue weighted by Crippen LogP contribution is 2.70. The lowest BCUT2D eigenvalue weighted by molar-refractivity contribution is -0.249. The molecule has 204 valence electrons. The Bertz CT molecular complexity index is 1160. The molecule has 7 heteroatoms. The first-order valence-corrected chi connectivity index (χ1v) is 14.2. The highest BCUT2D eigenvalue weighted by Gasteiger charge is 2.71. The zero-order valence-electron chi connectivity index (χ0n) is 22.1. The molecule has 0 spiro atoms. The molecule has 7 nitrogen and oxygen atoms in total. The fourth-order valence-electron chi connectivity index (χ4n) is 9.41. The quantitative estimate of drug-likeness (QED) is 0.448. The average Bonchev–Trinajstić information content (AvgIpc) is 3.43. The van der Waals surface area contributed by atoms with Crippen LogP contribution in [0.1, 0.15) is 70.3 Å². The van der Waals surface area contributed by atoms with E-state index in [0.717, 1.165) is 36.7 Å². The molecule has 5 aliphatic rings. The van der Waals surface area contributed by atoms with Crippen molar-refractivity contribution in [3.8, 4) is 0 Å². The van der Waals surface area contributed by atoms with Gasteiger partial charge in [0.2, 0.25) is 0 Å². The van der Waals surface area contributed by atoms with Crippen LogP contribution in [0.5, 0.6) is 0 Å². The van der Waals surface area contributed by atoms with Crippen molar-refractivity contribution in [2.75, 3.05) is 6.61 Å². The van der Waals surface area contributed by atoms with Gasteiger partial charge in [-0.25, -0.2) is 4.79 Å². The number of aliphatic hydroxyl groups is 2. The van der Waals surface area contributed by atoms with Crippen molar-refractivity contribution in [1.82, 2.24) is 0 Å². The van der Waals surface area contributed by atoms with Crippen molar-refractivity contribution in [2.45, 2.75) is 88.4 Å². The Morgan fingerprint density at radius 1 is 1.05 bits per heavy atom. The molecule has 1 heterocycles. The average molecular weight is 523 g/mol. The van der Waals surface area contributed by atoms with E-state index in [9.17, 15) is 24.6 Å². The van der Waals surface area contributed by atoms with E-state index in [1.807, 2.05) is 30.3 Å². The number of cyclic esters (lactones) is 1. The fraction of sp³-hybridized carbons (Fsp3) is 0.645. The van der Waals surface area contributed by atoms with Crippen molar-refractivity contribution in [3.05, 3.63) is 47.5 Å². The second-order valence-electron chi connectivity index (χ2n) is 12.8. The number of fused-ring (bicyclic) bond motifs is 5. The Kier molecular flexibility index (Phi) is 6.11. The van der Waals surface area contributed by atoms with Crippen LogP contribution >= 0.6 is 0 Å². The van der Waals surface area contributed by atoms with Crippen LogP contribution in [0.4, 0.5) is 0 Å². The summed E-state index contributed by atoms with van der Waals surface area (Å²) in [6.45, 7) is 2.44. The second-order valence-corrected chi connectivity index (χ2v) is 12.8. The lowest BCUT2D eigenvalue weighted by atomic mass is 9.41. The molecule has 0 amide bonds. The van der Waals surface area contributed by atoms with E-state index in [4.69, 9.17) is 9.47 Å². The van der Waals surface area contributed by atoms with Crippen LogP contribution in [-0.2, 0) is 30.3 Å². The molecular formula is C31H38O7. The molecule has 0 bridgehead atoms. The number of rotatable bonds is 5. The number of benzene rings is 1. The third-order valence-corrected chi connectivity index (χ3v) is 11.3. The Morgan fingerprint density at radius 2 is 1.82 bits per heavy atom. The van der Waals surface area contributed by atoms with Gasteiger partial charge in [0.1, 0.15) is 19.0 Å². The maximum absolute atomic E-state index is 12.9. The number of aldehydes is 1. The van der Waals surface area contributed by atoms with E-state index in [0.29, 0.717) is 38.7 Å². The highest BCUT2D eigenvalue weighted by molar-refractivity contribution is 5.85.